The van der Waals surface area contributed by atoms with Crippen molar-refractivity contribution in [1.82, 2.24) is 0 Å². The Morgan fingerprint density at radius 3 is 1.55 bits per heavy atom. The second-order valence-electron chi connectivity index (χ2n) is 3.05. The molecule has 0 bridgehead atoms. The molecule has 1 atom stereocenters. The van der Waals surface area contributed by atoms with E-state index in [0.29, 0.717) is 0 Å². The Hall–Kier alpha value is -0.370. The number of carbonyl (C=O) groups is 1. The van der Waals surface area contributed by atoms with E-state index >= 15 is 0 Å². The van der Waals surface area contributed by atoms with Crippen molar-refractivity contribution in [3.63, 3.8) is 0 Å². The van der Waals surface area contributed by atoms with Gasteiger partial charge in [0.2, 0.25) is 0 Å². The summed E-state index contributed by atoms with van der Waals surface area (Å²) < 4.78 is 0. The minimum atomic E-state index is -0.296. The lowest BCUT2D eigenvalue weighted by Gasteiger charge is -2.05. The van der Waals surface area contributed by atoms with Gasteiger partial charge in [0.05, 0.1) is 6.04 Å². The number of ketones is 1. The molecule has 0 heterocycles. The molecule has 0 radical (unpaired) electrons. The van der Waals surface area contributed by atoms with Crippen LogP contribution < -0.4 is 5.73 Å². The number of hydrogen-bond acceptors (Lipinski definition) is 2. The molecule has 0 amide bonds. The first-order valence-electron chi connectivity index (χ1n) is 4.26. The van der Waals surface area contributed by atoms with Gasteiger partial charge < -0.3 is 5.73 Å². The van der Waals surface area contributed by atoms with E-state index in [0.717, 1.165) is 0 Å². The smallest absolute Gasteiger partial charge is 0.151 e. The second-order valence-corrected chi connectivity index (χ2v) is 3.05. The monoisotopic (exact) mass is 159 g/mol. The summed E-state index contributed by atoms with van der Waals surface area (Å²) in [5, 5.41) is 0. The van der Waals surface area contributed by atoms with Crippen LogP contribution in [0.15, 0.2) is 0 Å². The first-order valence-corrected chi connectivity index (χ1v) is 4.26. The summed E-state index contributed by atoms with van der Waals surface area (Å²) in [6, 6.07) is -0.296. The van der Waals surface area contributed by atoms with Crippen molar-refractivity contribution >= 4 is 5.78 Å². The molecular formula is C9H21NO. The summed E-state index contributed by atoms with van der Waals surface area (Å²) in [7, 11) is 0. The lowest BCUT2D eigenvalue weighted by Crippen LogP contribution is -2.30. The topological polar surface area (TPSA) is 43.1 Å². The van der Waals surface area contributed by atoms with Crippen LogP contribution in [0.5, 0.6) is 0 Å². The SMILES string of the molecule is CC(C)C(=O)C(C)N.CCC. The van der Waals surface area contributed by atoms with Crippen LogP contribution in [0.4, 0.5) is 0 Å². The minimum absolute atomic E-state index is 0.0787. The van der Waals surface area contributed by atoms with Crippen molar-refractivity contribution < 1.29 is 4.79 Å². The van der Waals surface area contributed by atoms with Crippen LogP contribution in [0.1, 0.15) is 41.0 Å². The van der Waals surface area contributed by atoms with Crippen LogP contribution in [0, 0.1) is 5.92 Å². The first-order chi connectivity index (χ1) is 4.97. The van der Waals surface area contributed by atoms with Crippen molar-refractivity contribution in [2.45, 2.75) is 47.1 Å². The lowest BCUT2D eigenvalue weighted by atomic mass is 10.0. The van der Waals surface area contributed by atoms with Crippen LogP contribution in [0.2, 0.25) is 0 Å². The van der Waals surface area contributed by atoms with Crippen molar-refractivity contribution in [3.05, 3.63) is 0 Å². The molecule has 0 aromatic heterocycles. The fourth-order valence-corrected chi connectivity index (χ4v) is 0.526. The molecule has 68 valence electrons. The highest BCUT2D eigenvalue weighted by molar-refractivity contribution is 5.84. The largest absolute Gasteiger partial charge is 0.322 e. The number of carbonyl (C=O) groups excluding carboxylic acids is 1. The zero-order chi connectivity index (χ0) is 9.44. The molecule has 11 heavy (non-hydrogen) atoms. The third kappa shape index (κ3) is 9.63. The molecule has 0 fully saturated rings. The number of hydrogen-bond donors (Lipinski definition) is 1. The second kappa shape index (κ2) is 7.73. The molecular weight excluding hydrogens is 138 g/mol. The molecule has 0 aromatic rings. The Morgan fingerprint density at radius 1 is 1.27 bits per heavy atom. The number of Topliss-reactive ketones (excluding diaryl/α,β-unsaturated/α-hetero) is 1. The number of rotatable bonds is 2. The molecule has 2 heteroatoms. The third-order valence-electron chi connectivity index (χ3n) is 1.02. The van der Waals surface area contributed by atoms with Gasteiger partial charge in [-0.05, 0) is 6.92 Å². The molecule has 0 aliphatic heterocycles. The molecule has 0 saturated carbocycles. The highest BCUT2D eigenvalue weighted by atomic mass is 16.1. The maximum atomic E-state index is 10.7. The standard InChI is InChI=1S/C6H13NO.C3H8/c1-4(2)6(8)5(3)7;1-3-2/h4-5H,7H2,1-3H3;3H2,1-2H3. The van der Waals surface area contributed by atoms with E-state index in [1.165, 1.54) is 6.42 Å². The van der Waals surface area contributed by atoms with Crippen molar-refractivity contribution in [3.8, 4) is 0 Å². The predicted molar refractivity (Wildman–Crippen MR) is 49.5 cm³/mol. The van der Waals surface area contributed by atoms with Gasteiger partial charge in [-0.15, -0.1) is 0 Å². The maximum Gasteiger partial charge on any atom is 0.151 e. The van der Waals surface area contributed by atoms with Gasteiger partial charge in [0.25, 0.3) is 0 Å². The van der Waals surface area contributed by atoms with Gasteiger partial charge in [-0.25, -0.2) is 0 Å². The summed E-state index contributed by atoms with van der Waals surface area (Å²) in [5.41, 5.74) is 5.29. The Morgan fingerprint density at radius 2 is 1.55 bits per heavy atom. The zero-order valence-electron chi connectivity index (χ0n) is 8.35. The van der Waals surface area contributed by atoms with Crippen molar-refractivity contribution in [1.29, 1.82) is 0 Å². The van der Waals surface area contributed by atoms with Gasteiger partial charge in [-0.3, -0.25) is 4.79 Å². The van der Waals surface area contributed by atoms with Crippen LogP contribution >= 0.6 is 0 Å². The van der Waals surface area contributed by atoms with E-state index in [2.05, 4.69) is 13.8 Å². The zero-order valence-corrected chi connectivity index (χ0v) is 8.35. The first kappa shape index (κ1) is 13.2. The fourth-order valence-electron chi connectivity index (χ4n) is 0.526. The van der Waals surface area contributed by atoms with Gasteiger partial charge in [0, 0.05) is 5.92 Å². The molecule has 0 spiro atoms. The molecule has 0 aliphatic rings. The molecule has 0 rings (SSSR count). The normalized spacial score (nSPS) is 11.9. The van der Waals surface area contributed by atoms with E-state index < -0.39 is 0 Å². The molecule has 0 aliphatic carbocycles. The fraction of sp³-hybridized carbons (Fsp3) is 0.889. The average molecular weight is 159 g/mol. The lowest BCUT2D eigenvalue weighted by molar-refractivity contribution is -0.122. The van der Waals surface area contributed by atoms with E-state index in [4.69, 9.17) is 5.73 Å². The molecule has 1 unspecified atom stereocenters. The highest BCUT2D eigenvalue weighted by Crippen LogP contribution is 1.95. The maximum absolute atomic E-state index is 10.7. The minimum Gasteiger partial charge on any atom is -0.322 e. The molecule has 2 nitrogen and oxygen atoms in total. The molecule has 2 N–H and O–H groups in total. The van der Waals surface area contributed by atoms with Gasteiger partial charge in [0.1, 0.15) is 0 Å². The summed E-state index contributed by atoms with van der Waals surface area (Å²) in [6.07, 6.45) is 1.25. The van der Waals surface area contributed by atoms with Gasteiger partial charge in [0.15, 0.2) is 5.78 Å². The van der Waals surface area contributed by atoms with Gasteiger partial charge >= 0.3 is 0 Å². The third-order valence-corrected chi connectivity index (χ3v) is 1.02. The van der Waals surface area contributed by atoms with Gasteiger partial charge in [-0.2, -0.15) is 0 Å². The van der Waals surface area contributed by atoms with Crippen LogP contribution in [-0.4, -0.2) is 11.8 Å². The summed E-state index contributed by atoms with van der Waals surface area (Å²) in [6.45, 7) is 9.67. The van der Waals surface area contributed by atoms with E-state index in [1.807, 2.05) is 13.8 Å². The predicted octanol–water partition coefficient (Wildman–Crippen LogP) is 1.98. The molecule has 0 saturated heterocycles. The number of nitrogens with two attached hydrogens (primary N) is 1. The Labute approximate surface area is 70.2 Å². The van der Waals surface area contributed by atoms with Crippen LogP contribution in [-0.2, 0) is 4.79 Å². The summed E-state index contributed by atoms with van der Waals surface area (Å²) in [4.78, 5) is 10.7. The average Bonchev–Trinajstić information content (AvgIpc) is 1.87. The van der Waals surface area contributed by atoms with E-state index in [1.54, 1.807) is 6.92 Å². The Balaban J connectivity index is 0. The quantitative estimate of drug-likeness (QED) is 0.669. The van der Waals surface area contributed by atoms with Crippen molar-refractivity contribution in [2.75, 3.05) is 0 Å². The Kier molecular flexibility index (Phi) is 9.31. The van der Waals surface area contributed by atoms with Crippen LogP contribution in [0.25, 0.3) is 0 Å². The van der Waals surface area contributed by atoms with E-state index in [9.17, 15) is 4.79 Å². The van der Waals surface area contributed by atoms with Crippen LogP contribution in [0.3, 0.4) is 0 Å². The van der Waals surface area contributed by atoms with E-state index in [-0.39, 0.29) is 17.7 Å². The highest BCUT2D eigenvalue weighted by Gasteiger charge is 2.10. The summed E-state index contributed by atoms with van der Waals surface area (Å²) >= 11 is 0. The Bertz CT molecular complexity index is 87.7. The summed E-state index contributed by atoms with van der Waals surface area (Å²) in [5.74, 6) is 0.208. The molecule has 0 aromatic carbocycles. The van der Waals surface area contributed by atoms with Crippen molar-refractivity contribution in [2.24, 2.45) is 11.7 Å². The van der Waals surface area contributed by atoms with Gasteiger partial charge in [-0.1, -0.05) is 34.1 Å².